The van der Waals surface area contributed by atoms with Crippen molar-refractivity contribution in [1.82, 2.24) is 0 Å². The smallest absolute Gasteiger partial charge is 0.164 e. The minimum absolute atomic E-state index is 0.0396. The Bertz CT molecular complexity index is 366. The van der Waals surface area contributed by atoms with Crippen molar-refractivity contribution in [3.63, 3.8) is 0 Å². The first-order chi connectivity index (χ1) is 7.06. The van der Waals surface area contributed by atoms with Gasteiger partial charge in [0.15, 0.2) is 5.78 Å². The van der Waals surface area contributed by atoms with Gasteiger partial charge in [-0.25, -0.2) is 4.39 Å². The van der Waals surface area contributed by atoms with Crippen molar-refractivity contribution in [2.45, 2.75) is 19.9 Å². The van der Waals surface area contributed by atoms with Crippen LogP contribution in [-0.2, 0) is 0 Å². The number of Topliss-reactive ketones (excluding diaryl/α,β-unsaturated/α-hetero) is 1. The van der Waals surface area contributed by atoms with Crippen LogP contribution >= 0.6 is 0 Å². The first-order valence-electron chi connectivity index (χ1n) is 4.73. The number of anilines is 1. The summed E-state index contributed by atoms with van der Waals surface area (Å²) in [7, 11) is 0. The first kappa shape index (κ1) is 11.7. The third-order valence-corrected chi connectivity index (χ3v) is 2.04. The predicted octanol–water partition coefficient (Wildman–Crippen LogP) is 1.82. The van der Waals surface area contributed by atoms with Gasteiger partial charge in [0, 0.05) is 11.7 Å². The van der Waals surface area contributed by atoms with Gasteiger partial charge in [-0.3, -0.25) is 4.79 Å². The molecule has 1 aromatic carbocycles. The van der Waals surface area contributed by atoms with E-state index in [0.717, 1.165) is 0 Å². The molecule has 1 atom stereocenters. The fourth-order valence-electron chi connectivity index (χ4n) is 1.31. The van der Waals surface area contributed by atoms with E-state index < -0.39 is 5.82 Å². The standard InChI is InChI=1S/C11H14FNO2/c1-7(6-14)13-10-5-3-4-9(12)11(10)8(2)15/h3-5,7,13-14H,6H2,1-2H3/t7-/m0/s1. The number of nitrogens with one attached hydrogen (secondary N) is 1. The van der Waals surface area contributed by atoms with Crippen LogP contribution in [0.2, 0.25) is 0 Å². The maximum Gasteiger partial charge on any atom is 0.164 e. The molecule has 0 unspecified atom stereocenters. The number of aliphatic hydroxyl groups is 1. The Kier molecular flexibility index (Phi) is 3.80. The quantitative estimate of drug-likeness (QED) is 0.747. The van der Waals surface area contributed by atoms with E-state index in [9.17, 15) is 9.18 Å². The van der Waals surface area contributed by atoms with Crippen molar-refractivity contribution in [3.8, 4) is 0 Å². The summed E-state index contributed by atoms with van der Waals surface area (Å²) < 4.78 is 13.3. The number of aliphatic hydroxyl groups excluding tert-OH is 1. The van der Waals surface area contributed by atoms with Gasteiger partial charge in [-0.1, -0.05) is 6.07 Å². The summed E-state index contributed by atoms with van der Waals surface area (Å²) in [5.41, 5.74) is 0.460. The summed E-state index contributed by atoms with van der Waals surface area (Å²) >= 11 is 0. The van der Waals surface area contributed by atoms with Crippen LogP contribution in [0.4, 0.5) is 10.1 Å². The van der Waals surface area contributed by atoms with E-state index in [-0.39, 0.29) is 24.0 Å². The average Bonchev–Trinajstić information content (AvgIpc) is 2.17. The summed E-state index contributed by atoms with van der Waals surface area (Å²) in [5, 5.41) is 11.7. The largest absolute Gasteiger partial charge is 0.394 e. The van der Waals surface area contributed by atoms with Crippen molar-refractivity contribution in [2.75, 3.05) is 11.9 Å². The van der Waals surface area contributed by atoms with E-state index in [0.29, 0.717) is 5.69 Å². The SMILES string of the molecule is CC(=O)c1c(F)cccc1N[C@@H](C)CO. The summed E-state index contributed by atoms with van der Waals surface area (Å²) in [5.74, 6) is -0.877. The maximum absolute atomic E-state index is 13.3. The monoisotopic (exact) mass is 211 g/mol. The number of hydrogen-bond donors (Lipinski definition) is 2. The molecule has 0 heterocycles. The first-order valence-corrected chi connectivity index (χ1v) is 4.73. The fourth-order valence-corrected chi connectivity index (χ4v) is 1.31. The second-order valence-electron chi connectivity index (χ2n) is 3.45. The lowest BCUT2D eigenvalue weighted by Gasteiger charge is -2.15. The second kappa shape index (κ2) is 4.89. The van der Waals surface area contributed by atoms with Crippen LogP contribution in [0.1, 0.15) is 24.2 Å². The molecular formula is C11H14FNO2. The van der Waals surface area contributed by atoms with Crippen LogP contribution in [0.5, 0.6) is 0 Å². The molecule has 0 saturated carbocycles. The van der Waals surface area contributed by atoms with Crippen LogP contribution in [-0.4, -0.2) is 23.5 Å². The van der Waals surface area contributed by atoms with Crippen LogP contribution in [0, 0.1) is 5.82 Å². The summed E-state index contributed by atoms with van der Waals surface area (Å²) in [4.78, 5) is 11.2. The van der Waals surface area contributed by atoms with Gasteiger partial charge in [-0.2, -0.15) is 0 Å². The molecule has 0 aromatic heterocycles. The summed E-state index contributed by atoms with van der Waals surface area (Å²) in [6.07, 6.45) is 0. The zero-order chi connectivity index (χ0) is 11.4. The molecule has 3 nitrogen and oxygen atoms in total. The number of hydrogen-bond acceptors (Lipinski definition) is 3. The van der Waals surface area contributed by atoms with E-state index >= 15 is 0 Å². The number of halogens is 1. The molecule has 2 N–H and O–H groups in total. The molecule has 15 heavy (non-hydrogen) atoms. The normalized spacial score (nSPS) is 12.3. The van der Waals surface area contributed by atoms with E-state index in [1.54, 1.807) is 13.0 Å². The van der Waals surface area contributed by atoms with Gasteiger partial charge in [0.25, 0.3) is 0 Å². The molecule has 0 aliphatic carbocycles. The molecule has 1 rings (SSSR count). The van der Waals surface area contributed by atoms with E-state index in [1.165, 1.54) is 19.1 Å². The molecule has 0 aliphatic heterocycles. The van der Waals surface area contributed by atoms with E-state index in [4.69, 9.17) is 5.11 Å². The Balaban J connectivity index is 3.06. The molecule has 0 amide bonds. The maximum atomic E-state index is 13.3. The number of rotatable bonds is 4. The molecule has 4 heteroatoms. The molecule has 82 valence electrons. The van der Waals surface area contributed by atoms with Gasteiger partial charge in [0.1, 0.15) is 5.82 Å². The Hall–Kier alpha value is -1.42. The van der Waals surface area contributed by atoms with Gasteiger partial charge in [-0.05, 0) is 26.0 Å². The zero-order valence-electron chi connectivity index (χ0n) is 8.75. The van der Waals surface area contributed by atoms with Crippen LogP contribution in [0.25, 0.3) is 0 Å². The van der Waals surface area contributed by atoms with Crippen LogP contribution < -0.4 is 5.32 Å². The highest BCUT2D eigenvalue weighted by Crippen LogP contribution is 2.20. The van der Waals surface area contributed by atoms with Crippen molar-refractivity contribution < 1.29 is 14.3 Å². The molecule has 1 aromatic rings. The Morgan fingerprint density at radius 2 is 2.27 bits per heavy atom. The molecule has 0 fully saturated rings. The summed E-state index contributed by atoms with van der Waals surface area (Å²) in [6, 6.07) is 4.16. The zero-order valence-corrected chi connectivity index (χ0v) is 8.75. The van der Waals surface area contributed by atoms with E-state index in [2.05, 4.69) is 5.32 Å². The Labute approximate surface area is 87.9 Å². The highest BCUT2D eigenvalue weighted by atomic mass is 19.1. The Morgan fingerprint density at radius 3 is 2.80 bits per heavy atom. The van der Waals surface area contributed by atoms with Gasteiger partial charge in [-0.15, -0.1) is 0 Å². The summed E-state index contributed by atoms with van der Waals surface area (Å²) in [6.45, 7) is 2.98. The fraction of sp³-hybridized carbons (Fsp3) is 0.364. The molecule has 0 aliphatic rings. The molecule has 0 bridgehead atoms. The van der Waals surface area contributed by atoms with Gasteiger partial charge in [0.05, 0.1) is 12.2 Å². The van der Waals surface area contributed by atoms with Crippen molar-refractivity contribution in [1.29, 1.82) is 0 Å². The molecule has 0 spiro atoms. The topological polar surface area (TPSA) is 49.3 Å². The number of ketones is 1. The van der Waals surface area contributed by atoms with Gasteiger partial charge in [0.2, 0.25) is 0 Å². The number of carbonyl (C=O) groups excluding carboxylic acids is 1. The minimum Gasteiger partial charge on any atom is -0.394 e. The predicted molar refractivity (Wildman–Crippen MR) is 56.6 cm³/mol. The van der Waals surface area contributed by atoms with Crippen molar-refractivity contribution in [3.05, 3.63) is 29.6 Å². The van der Waals surface area contributed by atoms with Crippen LogP contribution in [0.3, 0.4) is 0 Å². The highest BCUT2D eigenvalue weighted by molar-refractivity contribution is 5.99. The third kappa shape index (κ3) is 2.76. The lowest BCUT2D eigenvalue weighted by molar-refractivity contribution is 0.101. The molecule has 0 saturated heterocycles. The third-order valence-electron chi connectivity index (χ3n) is 2.04. The number of benzene rings is 1. The van der Waals surface area contributed by atoms with Crippen molar-refractivity contribution in [2.24, 2.45) is 0 Å². The average molecular weight is 211 g/mol. The van der Waals surface area contributed by atoms with Crippen molar-refractivity contribution >= 4 is 11.5 Å². The van der Waals surface area contributed by atoms with E-state index in [1.807, 2.05) is 0 Å². The lowest BCUT2D eigenvalue weighted by atomic mass is 10.1. The number of carbonyl (C=O) groups is 1. The molecule has 0 radical (unpaired) electrons. The highest BCUT2D eigenvalue weighted by Gasteiger charge is 2.13. The Morgan fingerprint density at radius 1 is 1.60 bits per heavy atom. The lowest BCUT2D eigenvalue weighted by Crippen LogP contribution is -2.21. The van der Waals surface area contributed by atoms with Crippen LogP contribution in [0.15, 0.2) is 18.2 Å². The second-order valence-corrected chi connectivity index (χ2v) is 3.45. The van der Waals surface area contributed by atoms with Gasteiger partial charge < -0.3 is 10.4 Å². The molecular weight excluding hydrogens is 197 g/mol. The van der Waals surface area contributed by atoms with Gasteiger partial charge >= 0.3 is 0 Å². The minimum atomic E-state index is -0.544.